The summed E-state index contributed by atoms with van der Waals surface area (Å²) in [6.45, 7) is 5.32. The Morgan fingerprint density at radius 1 is 1.39 bits per heavy atom. The number of ether oxygens (including phenoxy) is 1. The third kappa shape index (κ3) is 5.63. The molecule has 1 amide bonds. The van der Waals surface area contributed by atoms with Crippen molar-refractivity contribution in [1.29, 1.82) is 0 Å². The highest BCUT2D eigenvalue weighted by Crippen LogP contribution is 1.95. The van der Waals surface area contributed by atoms with Crippen LogP contribution in [0.1, 0.15) is 37.0 Å². The molecule has 0 atom stereocenters. The van der Waals surface area contributed by atoms with E-state index in [4.69, 9.17) is 4.74 Å². The summed E-state index contributed by atoms with van der Waals surface area (Å²) in [6, 6.07) is 2.85. The predicted molar refractivity (Wildman–Crippen MR) is 69.7 cm³/mol. The second kappa shape index (κ2) is 7.66. The first-order valence-electron chi connectivity index (χ1n) is 6.18. The standard InChI is InChI=1S/C13H20N2O3/c1-10(2)18-8-4-3-7-14-13(17)11-5-6-12(16)15-9-11/h5-6,9-10H,3-4,7-8H2,1-2H3,(H,14,17)(H,15,16). The number of pyridine rings is 1. The van der Waals surface area contributed by atoms with Gasteiger partial charge in [-0.15, -0.1) is 0 Å². The predicted octanol–water partition coefficient (Wildman–Crippen LogP) is 1.31. The average Bonchev–Trinajstić information content (AvgIpc) is 2.34. The van der Waals surface area contributed by atoms with E-state index >= 15 is 0 Å². The van der Waals surface area contributed by atoms with E-state index in [0.29, 0.717) is 18.7 Å². The first-order valence-corrected chi connectivity index (χ1v) is 6.18. The molecule has 0 aromatic carbocycles. The summed E-state index contributed by atoms with van der Waals surface area (Å²) in [4.78, 5) is 24.9. The molecule has 0 aliphatic rings. The van der Waals surface area contributed by atoms with Gasteiger partial charge in [0.05, 0.1) is 11.7 Å². The van der Waals surface area contributed by atoms with Crippen LogP contribution in [0.25, 0.3) is 0 Å². The van der Waals surface area contributed by atoms with Crippen LogP contribution in [0.5, 0.6) is 0 Å². The number of nitrogens with one attached hydrogen (secondary N) is 2. The summed E-state index contributed by atoms with van der Waals surface area (Å²) in [5.74, 6) is -0.170. The maximum atomic E-state index is 11.6. The Balaban J connectivity index is 2.17. The molecule has 0 saturated carbocycles. The number of hydrogen-bond donors (Lipinski definition) is 2. The second-order valence-electron chi connectivity index (χ2n) is 4.32. The lowest BCUT2D eigenvalue weighted by Gasteiger charge is -2.07. The minimum atomic E-state index is -0.211. The van der Waals surface area contributed by atoms with Crippen molar-refractivity contribution < 1.29 is 9.53 Å². The Hall–Kier alpha value is -1.62. The number of carbonyl (C=O) groups is 1. The molecule has 1 heterocycles. The van der Waals surface area contributed by atoms with Gasteiger partial charge in [-0.25, -0.2) is 0 Å². The highest BCUT2D eigenvalue weighted by molar-refractivity contribution is 5.93. The van der Waals surface area contributed by atoms with E-state index in [1.54, 1.807) is 0 Å². The monoisotopic (exact) mass is 252 g/mol. The Bertz CT molecular complexity index is 406. The molecular weight excluding hydrogens is 232 g/mol. The zero-order chi connectivity index (χ0) is 13.4. The summed E-state index contributed by atoms with van der Waals surface area (Å²) in [5, 5.41) is 2.79. The van der Waals surface area contributed by atoms with Gasteiger partial charge in [-0.3, -0.25) is 9.59 Å². The number of rotatable bonds is 7. The normalized spacial score (nSPS) is 10.6. The van der Waals surface area contributed by atoms with E-state index in [0.717, 1.165) is 12.8 Å². The first-order chi connectivity index (χ1) is 8.59. The van der Waals surface area contributed by atoms with Crippen molar-refractivity contribution in [3.63, 3.8) is 0 Å². The van der Waals surface area contributed by atoms with Gasteiger partial charge in [0.25, 0.3) is 5.91 Å². The van der Waals surface area contributed by atoms with E-state index in [9.17, 15) is 9.59 Å². The molecule has 0 aliphatic carbocycles. The first kappa shape index (κ1) is 14.4. The van der Waals surface area contributed by atoms with Crippen LogP contribution in [0.4, 0.5) is 0 Å². The van der Waals surface area contributed by atoms with Crippen molar-refractivity contribution in [2.24, 2.45) is 0 Å². The number of carbonyl (C=O) groups excluding carboxylic acids is 1. The molecule has 5 nitrogen and oxygen atoms in total. The average molecular weight is 252 g/mol. The largest absolute Gasteiger partial charge is 0.379 e. The molecule has 0 spiro atoms. The van der Waals surface area contributed by atoms with Gasteiger partial charge in [0.15, 0.2) is 0 Å². The van der Waals surface area contributed by atoms with Gasteiger partial charge in [-0.05, 0) is 32.8 Å². The number of aromatic nitrogens is 1. The minimum Gasteiger partial charge on any atom is -0.379 e. The molecule has 0 bridgehead atoms. The maximum Gasteiger partial charge on any atom is 0.252 e. The van der Waals surface area contributed by atoms with Crippen LogP contribution in [-0.4, -0.2) is 30.1 Å². The van der Waals surface area contributed by atoms with Crippen molar-refractivity contribution in [1.82, 2.24) is 10.3 Å². The van der Waals surface area contributed by atoms with Crippen molar-refractivity contribution in [3.8, 4) is 0 Å². The van der Waals surface area contributed by atoms with Crippen LogP contribution in [0.15, 0.2) is 23.1 Å². The highest BCUT2D eigenvalue weighted by atomic mass is 16.5. The minimum absolute atomic E-state index is 0.170. The van der Waals surface area contributed by atoms with Crippen LogP contribution in [0.3, 0.4) is 0 Å². The number of amides is 1. The van der Waals surface area contributed by atoms with E-state index in [1.165, 1.54) is 18.3 Å². The van der Waals surface area contributed by atoms with Gasteiger partial charge in [0.2, 0.25) is 5.56 Å². The molecule has 0 saturated heterocycles. The van der Waals surface area contributed by atoms with Crippen LogP contribution in [0, 0.1) is 0 Å². The smallest absolute Gasteiger partial charge is 0.252 e. The zero-order valence-electron chi connectivity index (χ0n) is 10.9. The molecule has 0 radical (unpaired) electrons. The van der Waals surface area contributed by atoms with Crippen LogP contribution in [-0.2, 0) is 4.74 Å². The molecule has 1 rings (SSSR count). The van der Waals surface area contributed by atoms with Crippen LogP contribution >= 0.6 is 0 Å². The molecule has 2 N–H and O–H groups in total. The van der Waals surface area contributed by atoms with E-state index in [2.05, 4.69) is 10.3 Å². The SMILES string of the molecule is CC(C)OCCCCNC(=O)c1ccc(=O)[nH]c1. The Kier molecular flexibility index (Phi) is 6.14. The highest BCUT2D eigenvalue weighted by Gasteiger charge is 2.03. The molecule has 100 valence electrons. The molecule has 5 heteroatoms. The number of hydrogen-bond acceptors (Lipinski definition) is 3. The van der Waals surface area contributed by atoms with Crippen LogP contribution < -0.4 is 10.9 Å². The van der Waals surface area contributed by atoms with Crippen molar-refractivity contribution in [3.05, 3.63) is 34.2 Å². The van der Waals surface area contributed by atoms with E-state index in [-0.39, 0.29) is 17.6 Å². The molecule has 18 heavy (non-hydrogen) atoms. The number of H-pyrrole nitrogens is 1. The Labute approximate surface area is 107 Å². The third-order valence-corrected chi connectivity index (χ3v) is 2.35. The molecule has 1 aromatic heterocycles. The zero-order valence-corrected chi connectivity index (χ0v) is 10.9. The quantitative estimate of drug-likeness (QED) is 0.719. The lowest BCUT2D eigenvalue weighted by Crippen LogP contribution is -2.25. The Morgan fingerprint density at radius 2 is 2.17 bits per heavy atom. The fourth-order valence-electron chi connectivity index (χ4n) is 1.40. The number of unbranched alkanes of at least 4 members (excludes halogenated alkanes) is 1. The summed E-state index contributed by atoms with van der Waals surface area (Å²) in [6.07, 6.45) is 3.46. The van der Waals surface area contributed by atoms with Crippen molar-refractivity contribution in [2.75, 3.05) is 13.2 Å². The van der Waals surface area contributed by atoms with E-state index < -0.39 is 0 Å². The summed E-state index contributed by atoms with van der Waals surface area (Å²) in [7, 11) is 0. The van der Waals surface area contributed by atoms with Gasteiger partial charge in [0, 0.05) is 25.4 Å². The lowest BCUT2D eigenvalue weighted by atomic mass is 10.2. The van der Waals surface area contributed by atoms with Gasteiger partial charge >= 0.3 is 0 Å². The lowest BCUT2D eigenvalue weighted by molar-refractivity contribution is 0.0754. The fraction of sp³-hybridized carbons (Fsp3) is 0.538. The third-order valence-electron chi connectivity index (χ3n) is 2.35. The van der Waals surface area contributed by atoms with Gasteiger partial charge in [0.1, 0.15) is 0 Å². The Morgan fingerprint density at radius 3 is 2.78 bits per heavy atom. The second-order valence-corrected chi connectivity index (χ2v) is 4.32. The molecule has 0 unspecified atom stereocenters. The van der Waals surface area contributed by atoms with Crippen molar-refractivity contribution in [2.45, 2.75) is 32.8 Å². The number of aromatic amines is 1. The van der Waals surface area contributed by atoms with Gasteiger partial charge in [-0.1, -0.05) is 0 Å². The molecule has 0 aliphatic heterocycles. The molecule has 0 fully saturated rings. The molecule has 1 aromatic rings. The summed E-state index contributed by atoms with van der Waals surface area (Å²) >= 11 is 0. The van der Waals surface area contributed by atoms with Gasteiger partial charge < -0.3 is 15.0 Å². The van der Waals surface area contributed by atoms with Gasteiger partial charge in [-0.2, -0.15) is 0 Å². The maximum absolute atomic E-state index is 11.6. The fourth-order valence-corrected chi connectivity index (χ4v) is 1.40. The van der Waals surface area contributed by atoms with E-state index in [1.807, 2.05) is 13.8 Å². The summed E-state index contributed by atoms with van der Waals surface area (Å²) < 4.78 is 5.39. The summed E-state index contributed by atoms with van der Waals surface area (Å²) in [5.41, 5.74) is 0.255. The van der Waals surface area contributed by atoms with Crippen molar-refractivity contribution >= 4 is 5.91 Å². The topological polar surface area (TPSA) is 71.2 Å². The van der Waals surface area contributed by atoms with Crippen LogP contribution in [0.2, 0.25) is 0 Å². The molecular formula is C13H20N2O3.